The Hall–Kier alpha value is -3.65. The number of ether oxygens (including phenoxy) is 2. The molecular formula is C24H23N3O4S. The first kappa shape index (κ1) is 21.6. The molecule has 1 amide bonds. The number of aryl methyl sites for hydroxylation is 3. The van der Waals surface area contributed by atoms with Gasteiger partial charge < -0.3 is 14.8 Å². The van der Waals surface area contributed by atoms with E-state index in [0.717, 1.165) is 15.3 Å². The van der Waals surface area contributed by atoms with E-state index < -0.39 is 0 Å². The molecule has 2 heterocycles. The van der Waals surface area contributed by atoms with Gasteiger partial charge in [0.15, 0.2) is 11.5 Å². The molecule has 0 aliphatic heterocycles. The monoisotopic (exact) mass is 449 g/mol. The van der Waals surface area contributed by atoms with E-state index in [0.29, 0.717) is 28.3 Å². The Morgan fingerprint density at radius 1 is 1.09 bits per heavy atom. The van der Waals surface area contributed by atoms with Gasteiger partial charge in [-0.25, -0.2) is 4.98 Å². The third-order valence-electron chi connectivity index (χ3n) is 5.17. The number of nitrogens with one attached hydrogen (secondary N) is 1. The molecule has 7 nitrogen and oxygen atoms in total. The molecular weight excluding hydrogens is 426 g/mol. The summed E-state index contributed by atoms with van der Waals surface area (Å²) in [6.07, 6.45) is 1.67. The largest absolute Gasteiger partial charge is 0.493 e. The standard InChI is InChI=1S/C24H23N3O4S/c1-15-16(2)32-23-22(15)24(29)27(14-25-23)13-12-21(28)26-17-8-10-18(11-9-17)31-20-7-5-4-6-19(20)30-3/h4-11,14H,12-13H2,1-3H3,(H,26,28). The van der Waals surface area contributed by atoms with Crippen LogP contribution in [0.4, 0.5) is 5.69 Å². The molecule has 0 saturated heterocycles. The fourth-order valence-electron chi connectivity index (χ4n) is 3.31. The summed E-state index contributed by atoms with van der Waals surface area (Å²) in [6, 6.07) is 14.4. The molecule has 2 aromatic heterocycles. The molecule has 8 heteroatoms. The number of anilines is 1. The second-order valence-corrected chi connectivity index (χ2v) is 8.49. The summed E-state index contributed by atoms with van der Waals surface area (Å²) in [5.41, 5.74) is 1.49. The number of aromatic nitrogens is 2. The molecule has 4 rings (SSSR count). The van der Waals surface area contributed by atoms with E-state index in [2.05, 4.69) is 10.3 Å². The van der Waals surface area contributed by atoms with Crippen molar-refractivity contribution in [2.45, 2.75) is 26.8 Å². The lowest BCUT2D eigenvalue weighted by atomic mass is 10.2. The fourth-order valence-corrected chi connectivity index (χ4v) is 4.30. The minimum Gasteiger partial charge on any atom is -0.493 e. The van der Waals surface area contributed by atoms with Gasteiger partial charge in [0, 0.05) is 23.5 Å². The van der Waals surface area contributed by atoms with Gasteiger partial charge in [0.1, 0.15) is 10.6 Å². The van der Waals surface area contributed by atoms with Gasteiger partial charge in [-0.3, -0.25) is 14.2 Å². The third kappa shape index (κ3) is 4.50. The minimum atomic E-state index is -0.186. The summed E-state index contributed by atoms with van der Waals surface area (Å²) < 4.78 is 12.6. The van der Waals surface area contributed by atoms with Crippen molar-refractivity contribution < 1.29 is 14.3 Å². The van der Waals surface area contributed by atoms with E-state index in [9.17, 15) is 9.59 Å². The van der Waals surface area contributed by atoms with Gasteiger partial charge in [-0.15, -0.1) is 11.3 Å². The predicted molar refractivity (Wildman–Crippen MR) is 126 cm³/mol. The van der Waals surface area contributed by atoms with Crippen LogP contribution in [0.25, 0.3) is 10.2 Å². The van der Waals surface area contributed by atoms with Gasteiger partial charge in [0.25, 0.3) is 5.56 Å². The highest BCUT2D eigenvalue weighted by molar-refractivity contribution is 7.18. The van der Waals surface area contributed by atoms with Crippen molar-refractivity contribution in [1.82, 2.24) is 9.55 Å². The number of thiophene rings is 1. The Morgan fingerprint density at radius 2 is 1.81 bits per heavy atom. The van der Waals surface area contributed by atoms with Crippen LogP contribution in [0.3, 0.4) is 0 Å². The molecule has 0 saturated carbocycles. The average molecular weight is 450 g/mol. The van der Waals surface area contributed by atoms with Crippen molar-refractivity contribution in [2.75, 3.05) is 12.4 Å². The predicted octanol–water partition coefficient (Wildman–Crippen LogP) is 4.90. The first-order chi connectivity index (χ1) is 15.5. The number of hydrogen-bond acceptors (Lipinski definition) is 6. The maximum absolute atomic E-state index is 12.7. The molecule has 0 radical (unpaired) electrons. The van der Waals surface area contributed by atoms with Crippen molar-refractivity contribution >= 4 is 33.1 Å². The van der Waals surface area contributed by atoms with E-state index in [1.807, 2.05) is 38.1 Å². The molecule has 0 atom stereocenters. The van der Waals surface area contributed by atoms with E-state index in [1.165, 1.54) is 22.2 Å². The van der Waals surface area contributed by atoms with Gasteiger partial charge in [0.2, 0.25) is 5.91 Å². The average Bonchev–Trinajstić information content (AvgIpc) is 3.09. The lowest BCUT2D eigenvalue weighted by Gasteiger charge is -2.11. The van der Waals surface area contributed by atoms with Gasteiger partial charge in [0.05, 0.1) is 18.8 Å². The molecule has 0 spiro atoms. The van der Waals surface area contributed by atoms with Crippen molar-refractivity contribution in [3.8, 4) is 17.2 Å². The lowest BCUT2D eigenvalue weighted by molar-refractivity contribution is -0.116. The summed E-state index contributed by atoms with van der Waals surface area (Å²) in [6.45, 7) is 4.16. The number of amides is 1. The molecule has 1 N–H and O–H groups in total. The van der Waals surface area contributed by atoms with Gasteiger partial charge in [-0.1, -0.05) is 12.1 Å². The molecule has 0 fully saturated rings. The van der Waals surface area contributed by atoms with Crippen LogP contribution in [-0.2, 0) is 11.3 Å². The van der Waals surface area contributed by atoms with Gasteiger partial charge in [-0.05, 0) is 55.8 Å². The minimum absolute atomic E-state index is 0.109. The molecule has 2 aromatic carbocycles. The zero-order valence-corrected chi connectivity index (χ0v) is 18.9. The summed E-state index contributed by atoms with van der Waals surface area (Å²) in [5, 5.41) is 3.48. The first-order valence-electron chi connectivity index (χ1n) is 10.1. The third-order valence-corrected chi connectivity index (χ3v) is 6.29. The van der Waals surface area contributed by atoms with Crippen molar-refractivity contribution in [1.29, 1.82) is 0 Å². The van der Waals surface area contributed by atoms with Crippen LogP contribution >= 0.6 is 11.3 Å². The van der Waals surface area contributed by atoms with Crippen LogP contribution in [0.5, 0.6) is 17.2 Å². The SMILES string of the molecule is COc1ccccc1Oc1ccc(NC(=O)CCn2cnc3sc(C)c(C)c3c2=O)cc1. The van der Waals surface area contributed by atoms with E-state index in [4.69, 9.17) is 9.47 Å². The number of nitrogens with zero attached hydrogens (tertiary/aromatic N) is 2. The summed E-state index contributed by atoms with van der Waals surface area (Å²) in [7, 11) is 1.59. The Bertz CT molecular complexity index is 1330. The maximum atomic E-state index is 12.7. The van der Waals surface area contributed by atoms with Crippen LogP contribution in [0, 0.1) is 13.8 Å². The number of carbonyl (C=O) groups is 1. The Labute approximate surface area is 189 Å². The van der Waals surface area contributed by atoms with E-state index >= 15 is 0 Å². The highest BCUT2D eigenvalue weighted by Crippen LogP contribution is 2.31. The van der Waals surface area contributed by atoms with Gasteiger partial charge in [-0.2, -0.15) is 0 Å². The van der Waals surface area contributed by atoms with E-state index in [1.54, 1.807) is 31.4 Å². The lowest BCUT2D eigenvalue weighted by Crippen LogP contribution is -2.23. The summed E-state index contributed by atoms with van der Waals surface area (Å²) in [5.74, 6) is 1.69. The molecule has 164 valence electrons. The second-order valence-electron chi connectivity index (χ2n) is 7.28. The van der Waals surface area contributed by atoms with Crippen LogP contribution < -0.4 is 20.3 Å². The quantitative estimate of drug-likeness (QED) is 0.434. The number of para-hydroxylation sites is 2. The zero-order valence-electron chi connectivity index (χ0n) is 18.0. The number of fused-ring (bicyclic) bond motifs is 1. The number of rotatable bonds is 7. The Balaban J connectivity index is 1.37. The van der Waals surface area contributed by atoms with Crippen LogP contribution in [0.2, 0.25) is 0 Å². The second kappa shape index (κ2) is 9.23. The molecule has 32 heavy (non-hydrogen) atoms. The highest BCUT2D eigenvalue weighted by atomic mass is 32.1. The van der Waals surface area contributed by atoms with Crippen molar-refractivity contribution in [3.05, 3.63) is 75.7 Å². The van der Waals surface area contributed by atoms with Crippen LogP contribution in [0.15, 0.2) is 59.7 Å². The highest BCUT2D eigenvalue weighted by Gasteiger charge is 2.13. The molecule has 0 unspecified atom stereocenters. The maximum Gasteiger partial charge on any atom is 0.262 e. The molecule has 0 aliphatic rings. The number of hydrogen-bond donors (Lipinski definition) is 1. The van der Waals surface area contributed by atoms with Crippen LogP contribution in [0.1, 0.15) is 16.9 Å². The number of benzene rings is 2. The fraction of sp³-hybridized carbons (Fsp3) is 0.208. The zero-order chi connectivity index (χ0) is 22.7. The number of carbonyl (C=O) groups excluding carboxylic acids is 1. The molecule has 0 bridgehead atoms. The molecule has 4 aromatic rings. The van der Waals surface area contributed by atoms with Gasteiger partial charge >= 0.3 is 0 Å². The topological polar surface area (TPSA) is 82.4 Å². The Kier molecular flexibility index (Phi) is 6.23. The normalized spacial score (nSPS) is 10.8. The molecule has 0 aliphatic carbocycles. The van der Waals surface area contributed by atoms with Crippen molar-refractivity contribution in [3.63, 3.8) is 0 Å². The number of methoxy groups -OCH3 is 1. The smallest absolute Gasteiger partial charge is 0.262 e. The van der Waals surface area contributed by atoms with Crippen LogP contribution in [-0.4, -0.2) is 22.6 Å². The van der Waals surface area contributed by atoms with Crippen molar-refractivity contribution in [2.24, 2.45) is 0 Å². The summed E-state index contributed by atoms with van der Waals surface area (Å²) >= 11 is 1.51. The van der Waals surface area contributed by atoms with E-state index in [-0.39, 0.29) is 24.4 Å². The Morgan fingerprint density at radius 3 is 2.53 bits per heavy atom. The first-order valence-corrected chi connectivity index (χ1v) is 10.9. The summed E-state index contributed by atoms with van der Waals surface area (Å²) in [4.78, 5) is 31.3.